The molecule has 1 aromatic rings. The van der Waals surface area contributed by atoms with E-state index in [9.17, 15) is 0 Å². The Morgan fingerprint density at radius 3 is 2.95 bits per heavy atom. The quantitative estimate of drug-likeness (QED) is 0.648. The molecule has 0 amide bonds. The summed E-state index contributed by atoms with van der Waals surface area (Å²) < 4.78 is 5.19. The van der Waals surface area contributed by atoms with E-state index < -0.39 is 0 Å². The van der Waals surface area contributed by atoms with Gasteiger partial charge in [-0.1, -0.05) is 18.9 Å². The summed E-state index contributed by atoms with van der Waals surface area (Å²) in [7, 11) is 1.66. The van der Waals surface area contributed by atoms with E-state index >= 15 is 0 Å². The summed E-state index contributed by atoms with van der Waals surface area (Å²) in [5.74, 6) is 1.33. The second-order valence-electron chi connectivity index (χ2n) is 5.66. The third-order valence-corrected chi connectivity index (χ3v) is 4.38. The smallest absolute Gasteiger partial charge is 0.193 e. The highest BCUT2D eigenvalue weighted by Crippen LogP contribution is 2.59. The van der Waals surface area contributed by atoms with E-state index in [1.165, 1.54) is 32.1 Å². The summed E-state index contributed by atoms with van der Waals surface area (Å²) in [6, 6.07) is 8.16. The molecule has 1 atom stereocenters. The Hall–Kier alpha value is -1.71. The lowest BCUT2D eigenvalue weighted by Crippen LogP contribution is -2.23. The van der Waals surface area contributed by atoms with Crippen molar-refractivity contribution in [1.82, 2.24) is 0 Å². The summed E-state index contributed by atoms with van der Waals surface area (Å²) in [6.07, 6.45) is 6.58. The highest BCUT2D eigenvalue weighted by Gasteiger charge is 2.55. The normalized spacial score (nSPS) is 24.5. The molecule has 2 aliphatic rings. The number of anilines is 1. The number of nitrogens with one attached hydrogen (secondary N) is 1. The van der Waals surface area contributed by atoms with E-state index in [2.05, 4.69) is 10.3 Å². The Labute approximate surface area is 114 Å². The summed E-state index contributed by atoms with van der Waals surface area (Å²) in [5, 5.41) is 3.14. The van der Waals surface area contributed by atoms with Crippen molar-refractivity contribution in [3.05, 3.63) is 24.3 Å². The molecule has 4 nitrogen and oxygen atoms in total. The van der Waals surface area contributed by atoms with Crippen LogP contribution in [-0.4, -0.2) is 19.1 Å². The van der Waals surface area contributed by atoms with Gasteiger partial charge < -0.3 is 15.8 Å². The van der Waals surface area contributed by atoms with Crippen molar-refractivity contribution in [3.63, 3.8) is 0 Å². The Balaban J connectivity index is 1.63. The molecule has 0 radical (unpaired) electrons. The molecule has 0 aromatic heterocycles. The standard InChI is InChI=1S/C15H21N3O/c1-19-12-6-4-5-11(9-12)17-14(16)18-13-10-15(13)7-2-3-8-15/h4-6,9,13H,2-3,7-8,10H2,1H3,(H3,16,17,18). The molecule has 0 aliphatic heterocycles. The molecule has 2 aliphatic carbocycles. The van der Waals surface area contributed by atoms with Crippen LogP contribution in [0.1, 0.15) is 32.1 Å². The maximum absolute atomic E-state index is 5.99. The molecule has 19 heavy (non-hydrogen) atoms. The van der Waals surface area contributed by atoms with Crippen molar-refractivity contribution in [2.75, 3.05) is 12.4 Å². The molecular weight excluding hydrogens is 238 g/mol. The summed E-state index contributed by atoms with van der Waals surface area (Å²) in [4.78, 5) is 4.62. The van der Waals surface area contributed by atoms with E-state index in [0.29, 0.717) is 17.4 Å². The van der Waals surface area contributed by atoms with Crippen LogP contribution in [0.5, 0.6) is 5.75 Å². The van der Waals surface area contributed by atoms with Crippen LogP contribution < -0.4 is 15.8 Å². The second-order valence-corrected chi connectivity index (χ2v) is 5.66. The average Bonchev–Trinajstić information content (AvgIpc) is 2.85. The minimum Gasteiger partial charge on any atom is -0.497 e. The van der Waals surface area contributed by atoms with Gasteiger partial charge in [-0.2, -0.15) is 0 Å². The zero-order valence-corrected chi connectivity index (χ0v) is 11.4. The molecule has 2 saturated carbocycles. The van der Waals surface area contributed by atoms with Crippen molar-refractivity contribution in [2.24, 2.45) is 16.1 Å². The molecule has 102 valence electrons. The molecule has 0 saturated heterocycles. The van der Waals surface area contributed by atoms with Gasteiger partial charge in [0.05, 0.1) is 13.2 Å². The number of methoxy groups -OCH3 is 1. The first-order chi connectivity index (χ1) is 9.22. The minimum atomic E-state index is 0.438. The van der Waals surface area contributed by atoms with Crippen molar-refractivity contribution < 1.29 is 4.74 Å². The number of hydrogen-bond donors (Lipinski definition) is 2. The van der Waals surface area contributed by atoms with Crippen LogP contribution in [0.2, 0.25) is 0 Å². The van der Waals surface area contributed by atoms with Gasteiger partial charge in [0, 0.05) is 11.8 Å². The van der Waals surface area contributed by atoms with E-state index in [0.717, 1.165) is 11.4 Å². The first kappa shape index (κ1) is 12.3. The SMILES string of the molecule is COc1cccc(NC(N)=NC2CC23CCCC3)c1. The fraction of sp³-hybridized carbons (Fsp3) is 0.533. The number of aliphatic imine (C=N–C) groups is 1. The lowest BCUT2D eigenvalue weighted by molar-refractivity contribution is 0.415. The molecule has 2 fully saturated rings. The molecule has 4 heteroatoms. The topological polar surface area (TPSA) is 59.6 Å². The first-order valence-corrected chi connectivity index (χ1v) is 6.96. The van der Waals surface area contributed by atoms with Crippen molar-refractivity contribution in [1.29, 1.82) is 0 Å². The van der Waals surface area contributed by atoms with Crippen molar-refractivity contribution in [2.45, 2.75) is 38.1 Å². The van der Waals surface area contributed by atoms with Gasteiger partial charge in [0.2, 0.25) is 0 Å². The van der Waals surface area contributed by atoms with Gasteiger partial charge in [-0.25, -0.2) is 4.99 Å². The number of nitrogens with zero attached hydrogens (tertiary/aromatic N) is 1. The third kappa shape index (κ3) is 2.53. The number of guanidine groups is 1. The Morgan fingerprint density at radius 2 is 2.21 bits per heavy atom. The van der Waals surface area contributed by atoms with Crippen molar-refractivity contribution >= 4 is 11.6 Å². The summed E-state index contributed by atoms with van der Waals surface area (Å²) >= 11 is 0. The van der Waals surface area contributed by atoms with Gasteiger partial charge in [-0.05, 0) is 36.8 Å². The maximum atomic E-state index is 5.99. The van der Waals surface area contributed by atoms with E-state index in [1.54, 1.807) is 7.11 Å². The molecule has 0 heterocycles. The number of ether oxygens (including phenoxy) is 1. The molecule has 3 N–H and O–H groups in total. The lowest BCUT2D eigenvalue weighted by atomic mass is 10.1. The molecular formula is C15H21N3O. The highest BCUT2D eigenvalue weighted by molar-refractivity contribution is 5.92. The van der Waals surface area contributed by atoms with E-state index in [-0.39, 0.29) is 0 Å². The van der Waals surface area contributed by atoms with E-state index in [1.807, 2.05) is 24.3 Å². The van der Waals surface area contributed by atoms with Gasteiger partial charge in [0.15, 0.2) is 5.96 Å². The van der Waals surface area contributed by atoms with Crippen LogP contribution in [0, 0.1) is 5.41 Å². The van der Waals surface area contributed by atoms with Gasteiger partial charge in [0.1, 0.15) is 5.75 Å². The Bertz CT molecular complexity index is 492. The highest BCUT2D eigenvalue weighted by atomic mass is 16.5. The summed E-state index contributed by atoms with van der Waals surface area (Å²) in [5.41, 5.74) is 7.41. The van der Waals surface area contributed by atoms with Gasteiger partial charge in [0.25, 0.3) is 0 Å². The van der Waals surface area contributed by atoms with Gasteiger partial charge >= 0.3 is 0 Å². The number of hydrogen-bond acceptors (Lipinski definition) is 2. The van der Waals surface area contributed by atoms with Crippen molar-refractivity contribution in [3.8, 4) is 5.75 Å². The zero-order valence-electron chi connectivity index (χ0n) is 11.4. The molecule has 1 spiro atoms. The predicted molar refractivity (Wildman–Crippen MR) is 77.5 cm³/mol. The lowest BCUT2D eigenvalue weighted by Gasteiger charge is -2.08. The summed E-state index contributed by atoms with van der Waals surface area (Å²) in [6.45, 7) is 0. The van der Waals surface area contributed by atoms with Crippen LogP contribution in [0.3, 0.4) is 0 Å². The van der Waals surface area contributed by atoms with Crippen LogP contribution in [0.15, 0.2) is 29.3 Å². The van der Waals surface area contributed by atoms with Crippen LogP contribution in [-0.2, 0) is 0 Å². The molecule has 3 rings (SSSR count). The minimum absolute atomic E-state index is 0.438. The molecule has 0 bridgehead atoms. The fourth-order valence-electron chi connectivity index (χ4n) is 3.17. The number of benzene rings is 1. The fourth-order valence-corrected chi connectivity index (χ4v) is 3.17. The maximum Gasteiger partial charge on any atom is 0.193 e. The van der Waals surface area contributed by atoms with Crippen LogP contribution in [0.25, 0.3) is 0 Å². The number of rotatable bonds is 3. The third-order valence-electron chi connectivity index (χ3n) is 4.38. The number of nitrogens with two attached hydrogens (primary N) is 1. The average molecular weight is 259 g/mol. The zero-order chi connectivity index (χ0) is 13.3. The molecule has 1 unspecified atom stereocenters. The van der Waals surface area contributed by atoms with Gasteiger partial charge in [-0.3, -0.25) is 0 Å². The van der Waals surface area contributed by atoms with Gasteiger partial charge in [-0.15, -0.1) is 0 Å². The largest absolute Gasteiger partial charge is 0.497 e. The predicted octanol–water partition coefficient (Wildman–Crippen LogP) is 2.75. The monoisotopic (exact) mass is 259 g/mol. The Morgan fingerprint density at radius 1 is 1.42 bits per heavy atom. The van der Waals surface area contributed by atoms with E-state index in [4.69, 9.17) is 10.5 Å². The first-order valence-electron chi connectivity index (χ1n) is 6.96. The second kappa shape index (κ2) is 4.76. The molecule has 1 aromatic carbocycles. The Kier molecular flexibility index (Phi) is 3.09. The van der Waals surface area contributed by atoms with Crippen LogP contribution in [0.4, 0.5) is 5.69 Å². The van der Waals surface area contributed by atoms with Crippen LogP contribution >= 0.6 is 0 Å².